The molecule has 7 heteroatoms. The molecule has 0 atom stereocenters. The number of hydrogen-bond acceptors (Lipinski definition) is 4. The zero-order valence-electron chi connectivity index (χ0n) is 15.5. The van der Waals surface area contributed by atoms with Crippen molar-refractivity contribution >= 4 is 34.0 Å². The number of nitrogens with zero attached hydrogens (tertiary/aromatic N) is 3. The summed E-state index contributed by atoms with van der Waals surface area (Å²) in [7, 11) is 0. The van der Waals surface area contributed by atoms with Crippen molar-refractivity contribution in [3.05, 3.63) is 70.6 Å². The van der Waals surface area contributed by atoms with Crippen molar-refractivity contribution in [1.82, 2.24) is 14.1 Å². The maximum Gasteiger partial charge on any atom is 0.329 e. The molecule has 0 spiro atoms. The van der Waals surface area contributed by atoms with Crippen molar-refractivity contribution < 1.29 is 4.79 Å². The fourth-order valence-corrected chi connectivity index (χ4v) is 3.96. The van der Waals surface area contributed by atoms with Gasteiger partial charge in [0.25, 0.3) is 0 Å². The van der Waals surface area contributed by atoms with E-state index in [4.69, 9.17) is 0 Å². The summed E-state index contributed by atoms with van der Waals surface area (Å²) in [5.74, 6) is -0.128. The summed E-state index contributed by atoms with van der Waals surface area (Å²) in [4.78, 5) is 29.4. The van der Waals surface area contributed by atoms with E-state index in [-0.39, 0.29) is 18.0 Å². The number of carbonyl (C=O) groups is 1. The topological polar surface area (TPSA) is 68.9 Å². The number of benzene rings is 2. The molecule has 2 aromatic heterocycles. The predicted molar refractivity (Wildman–Crippen MR) is 113 cm³/mol. The smallest absolute Gasteiger partial charge is 0.326 e. The van der Waals surface area contributed by atoms with Crippen LogP contribution in [0.2, 0.25) is 0 Å². The van der Waals surface area contributed by atoms with Crippen molar-refractivity contribution in [2.45, 2.75) is 26.4 Å². The van der Waals surface area contributed by atoms with E-state index < -0.39 is 0 Å². The Kier molecular flexibility index (Phi) is 5.08. The summed E-state index contributed by atoms with van der Waals surface area (Å²) in [6, 6.07) is 15.3. The predicted octanol–water partition coefficient (Wildman–Crippen LogP) is 3.98. The monoisotopic (exact) mass is 392 g/mol. The molecule has 142 valence electrons. The Morgan fingerprint density at radius 3 is 2.61 bits per heavy atom. The van der Waals surface area contributed by atoms with Gasteiger partial charge >= 0.3 is 5.69 Å². The van der Waals surface area contributed by atoms with Crippen LogP contribution in [-0.2, 0) is 17.9 Å². The lowest BCUT2D eigenvalue weighted by molar-refractivity contribution is -0.116. The van der Waals surface area contributed by atoms with Gasteiger partial charge in [0.05, 0.1) is 11.0 Å². The summed E-state index contributed by atoms with van der Waals surface area (Å²) in [5.41, 5.74) is 3.36. The number of hydrogen-bond donors (Lipinski definition) is 1. The zero-order valence-corrected chi connectivity index (χ0v) is 16.3. The number of aryl methyl sites for hydroxylation is 2. The molecular formula is C21H20N4O2S. The summed E-state index contributed by atoms with van der Waals surface area (Å²) in [6.45, 7) is 2.88. The Morgan fingerprint density at radius 1 is 1.11 bits per heavy atom. The molecular weight excluding hydrogens is 372 g/mol. The Hall–Kier alpha value is -3.19. The highest BCUT2D eigenvalue weighted by Gasteiger charge is 2.13. The van der Waals surface area contributed by atoms with Crippen LogP contribution < -0.4 is 11.0 Å². The Labute approximate surface area is 166 Å². The third kappa shape index (κ3) is 3.48. The molecule has 1 amide bonds. The van der Waals surface area contributed by atoms with E-state index in [0.717, 1.165) is 27.3 Å². The van der Waals surface area contributed by atoms with Gasteiger partial charge in [0, 0.05) is 42.3 Å². The number of para-hydroxylation sites is 2. The van der Waals surface area contributed by atoms with Crippen LogP contribution in [0.1, 0.15) is 13.3 Å². The van der Waals surface area contributed by atoms with Crippen molar-refractivity contribution in [2.75, 3.05) is 5.32 Å². The standard InChI is InChI=1S/C21H20N4O2S/c1-2-24-17-8-3-4-9-18(17)25(21(24)27)12-10-19(26)23-16-7-5-6-15(14-16)20-22-11-13-28-20/h3-9,11,13-14H,2,10,12H2,1H3,(H,23,26). The summed E-state index contributed by atoms with van der Waals surface area (Å²) in [6.07, 6.45) is 1.98. The summed E-state index contributed by atoms with van der Waals surface area (Å²) in [5, 5.41) is 5.75. The maximum absolute atomic E-state index is 12.7. The minimum Gasteiger partial charge on any atom is -0.326 e. The highest BCUT2D eigenvalue weighted by molar-refractivity contribution is 7.13. The third-order valence-electron chi connectivity index (χ3n) is 4.63. The second-order valence-corrected chi connectivity index (χ2v) is 7.28. The Balaban J connectivity index is 1.49. The van der Waals surface area contributed by atoms with Gasteiger partial charge in [-0.2, -0.15) is 0 Å². The molecule has 1 N–H and O–H groups in total. The average Bonchev–Trinajstić information content (AvgIpc) is 3.33. The van der Waals surface area contributed by atoms with E-state index in [1.165, 1.54) is 0 Å². The minimum absolute atomic E-state index is 0.0812. The number of nitrogens with one attached hydrogen (secondary N) is 1. The van der Waals surface area contributed by atoms with E-state index in [1.54, 1.807) is 26.7 Å². The van der Waals surface area contributed by atoms with Crippen LogP contribution in [0.3, 0.4) is 0 Å². The van der Waals surface area contributed by atoms with Gasteiger partial charge in [0.2, 0.25) is 5.91 Å². The van der Waals surface area contributed by atoms with Gasteiger partial charge in [-0.1, -0.05) is 24.3 Å². The molecule has 4 rings (SSSR count). The SMILES string of the molecule is CCn1c(=O)n(CCC(=O)Nc2cccc(-c3nccs3)c2)c2ccccc21. The number of rotatable bonds is 6. The lowest BCUT2D eigenvalue weighted by Gasteiger charge is -2.07. The lowest BCUT2D eigenvalue weighted by atomic mass is 10.2. The van der Waals surface area contributed by atoms with Crippen LogP contribution in [0, 0.1) is 0 Å². The average molecular weight is 392 g/mol. The molecule has 0 unspecified atom stereocenters. The van der Waals surface area contributed by atoms with Gasteiger partial charge in [-0.05, 0) is 31.2 Å². The molecule has 0 radical (unpaired) electrons. The van der Waals surface area contributed by atoms with E-state index in [9.17, 15) is 9.59 Å². The molecule has 0 aliphatic heterocycles. The third-order valence-corrected chi connectivity index (χ3v) is 5.45. The molecule has 28 heavy (non-hydrogen) atoms. The molecule has 4 aromatic rings. The number of aromatic nitrogens is 3. The number of fused-ring (bicyclic) bond motifs is 1. The fraction of sp³-hybridized carbons (Fsp3) is 0.190. The molecule has 0 saturated carbocycles. The molecule has 6 nitrogen and oxygen atoms in total. The molecule has 2 heterocycles. The van der Waals surface area contributed by atoms with Gasteiger partial charge in [-0.3, -0.25) is 13.9 Å². The summed E-state index contributed by atoms with van der Waals surface area (Å²) < 4.78 is 3.40. The number of thiazole rings is 1. The maximum atomic E-state index is 12.7. The Morgan fingerprint density at radius 2 is 1.89 bits per heavy atom. The zero-order chi connectivity index (χ0) is 19.5. The minimum atomic E-state index is -0.128. The second kappa shape index (κ2) is 7.82. The van der Waals surface area contributed by atoms with Crippen LogP contribution in [0.4, 0.5) is 5.69 Å². The molecule has 0 fully saturated rings. The second-order valence-electron chi connectivity index (χ2n) is 6.38. The van der Waals surface area contributed by atoms with E-state index in [2.05, 4.69) is 10.3 Å². The lowest BCUT2D eigenvalue weighted by Crippen LogP contribution is -2.25. The number of imidazole rings is 1. The molecule has 0 saturated heterocycles. The van der Waals surface area contributed by atoms with E-state index >= 15 is 0 Å². The van der Waals surface area contributed by atoms with Crippen molar-refractivity contribution in [1.29, 1.82) is 0 Å². The molecule has 0 aliphatic carbocycles. The van der Waals surface area contributed by atoms with Gasteiger partial charge in [0.15, 0.2) is 0 Å². The number of carbonyl (C=O) groups excluding carboxylic acids is 1. The first-order valence-corrected chi connectivity index (χ1v) is 10.0. The molecule has 2 aromatic carbocycles. The number of anilines is 1. The van der Waals surface area contributed by atoms with Gasteiger partial charge in [-0.25, -0.2) is 9.78 Å². The van der Waals surface area contributed by atoms with Crippen LogP contribution >= 0.6 is 11.3 Å². The van der Waals surface area contributed by atoms with Crippen LogP contribution in [0.25, 0.3) is 21.6 Å². The Bertz CT molecular complexity index is 1170. The van der Waals surface area contributed by atoms with Crippen molar-refractivity contribution in [3.63, 3.8) is 0 Å². The first-order valence-electron chi connectivity index (χ1n) is 9.15. The first kappa shape index (κ1) is 18.2. The first-order chi connectivity index (χ1) is 13.7. The van der Waals surface area contributed by atoms with E-state index in [0.29, 0.717) is 13.1 Å². The number of amides is 1. The highest BCUT2D eigenvalue weighted by atomic mass is 32.1. The van der Waals surface area contributed by atoms with Crippen molar-refractivity contribution in [3.8, 4) is 10.6 Å². The quantitative estimate of drug-likeness (QED) is 0.540. The highest BCUT2D eigenvalue weighted by Crippen LogP contribution is 2.24. The van der Waals surface area contributed by atoms with Gasteiger partial charge in [-0.15, -0.1) is 11.3 Å². The van der Waals surface area contributed by atoms with Gasteiger partial charge < -0.3 is 5.32 Å². The van der Waals surface area contributed by atoms with Crippen molar-refractivity contribution in [2.24, 2.45) is 0 Å². The largest absolute Gasteiger partial charge is 0.329 e. The molecule has 0 bridgehead atoms. The normalized spacial score (nSPS) is 11.0. The van der Waals surface area contributed by atoms with Crippen LogP contribution in [-0.4, -0.2) is 20.0 Å². The van der Waals surface area contributed by atoms with E-state index in [1.807, 2.05) is 60.8 Å². The molecule has 0 aliphatic rings. The van der Waals surface area contributed by atoms with Gasteiger partial charge in [0.1, 0.15) is 5.01 Å². The summed E-state index contributed by atoms with van der Waals surface area (Å²) >= 11 is 1.55. The van der Waals surface area contributed by atoms with Crippen LogP contribution in [0.15, 0.2) is 64.9 Å². The van der Waals surface area contributed by atoms with Crippen LogP contribution in [0.5, 0.6) is 0 Å². The fourth-order valence-electron chi connectivity index (χ4n) is 3.33.